The fourth-order valence-corrected chi connectivity index (χ4v) is 1.90. The SMILES string of the molecule is CCCn1ccnc1C(=O)c1cc(Cl)ccc1F. The molecule has 1 aromatic heterocycles. The summed E-state index contributed by atoms with van der Waals surface area (Å²) in [6, 6.07) is 3.92. The Hall–Kier alpha value is -1.68. The van der Waals surface area contributed by atoms with Crippen molar-refractivity contribution in [1.29, 1.82) is 0 Å². The summed E-state index contributed by atoms with van der Waals surface area (Å²) in [6.07, 6.45) is 4.11. The van der Waals surface area contributed by atoms with E-state index in [-0.39, 0.29) is 11.4 Å². The van der Waals surface area contributed by atoms with E-state index in [0.29, 0.717) is 11.6 Å². The third kappa shape index (κ3) is 2.43. The van der Waals surface area contributed by atoms with Crippen LogP contribution in [0.25, 0.3) is 0 Å². The zero-order valence-electron chi connectivity index (χ0n) is 9.86. The monoisotopic (exact) mass is 266 g/mol. The second kappa shape index (κ2) is 5.31. The lowest BCUT2D eigenvalue weighted by Crippen LogP contribution is -2.12. The third-order valence-electron chi connectivity index (χ3n) is 2.56. The second-order valence-corrected chi connectivity index (χ2v) is 4.33. The fourth-order valence-electron chi connectivity index (χ4n) is 1.73. The number of nitrogens with zero attached hydrogens (tertiary/aromatic N) is 2. The van der Waals surface area contributed by atoms with Gasteiger partial charge in [-0.15, -0.1) is 0 Å². The number of hydrogen-bond acceptors (Lipinski definition) is 2. The molecule has 0 spiro atoms. The Balaban J connectivity index is 2.41. The van der Waals surface area contributed by atoms with Crippen LogP contribution >= 0.6 is 11.6 Å². The zero-order chi connectivity index (χ0) is 13.1. The molecule has 0 bridgehead atoms. The molecule has 0 fully saturated rings. The molecule has 0 aliphatic rings. The maximum Gasteiger partial charge on any atom is 0.231 e. The van der Waals surface area contributed by atoms with E-state index in [9.17, 15) is 9.18 Å². The molecule has 2 aromatic rings. The van der Waals surface area contributed by atoms with Crippen molar-refractivity contribution >= 4 is 17.4 Å². The average molecular weight is 267 g/mol. The summed E-state index contributed by atoms with van der Waals surface area (Å²) < 4.78 is 15.3. The number of aromatic nitrogens is 2. The van der Waals surface area contributed by atoms with Crippen molar-refractivity contribution in [2.75, 3.05) is 0 Å². The molecule has 0 radical (unpaired) electrons. The van der Waals surface area contributed by atoms with E-state index >= 15 is 0 Å². The summed E-state index contributed by atoms with van der Waals surface area (Å²) in [5.74, 6) is -0.804. The van der Waals surface area contributed by atoms with Crippen LogP contribution in [0.4, 0.5) is 4.39 Å². The van der Waals surface area contributed by atoms with Crippen LogP contribution in [0.5, 0.6) is 0 Å². The summed E-state index contributed by atoms with van der Waals surface area (Å²) in [5, 5.41) is 0.327. The van der Waals surface area contributed by atoms with E-state index in [4.69, 9.17) is 11.6 Å². The molecule has 0 N–H and O–H groups in total. The van der Waals surface area contributed by atoms with Gasteiger partial charge < -0.3 is 4.57 Å². The van der Waals surface area contributed by atoms with Crippen molar-refractivity contribution in [3.8, 4) is 0 Å². The summed E-state index contributed by atoms with van der Waals surface area (Å²) >= 11 is 5.78. The largest absolute Gasteiger partial charge is 0.328 e. The smallest absolute Gasteiger partial charge is 0.231 e. The highest BCUT2D eigenvalue weighted by molar-refractivity contribution is 6.31. The van der Waals surface area contributed by atoms with Gasteiger partial charge in [-0.25, -0.2) is 9.37 Å². The van der Waals surface area contributed by atoms with Crippen LogP contribution in [0, 0.1) is 5.82 Å². The van der Waals surface area contributed by atoms with Gasteiger partial charge in [-0.05, 0) is 24.6 Å². The lowest BCUT2D eigenvalue weighted by molar-refractivity contribution is 0.102. The number of halogens is 2. The van der Waals surface area contributed by atoms with Crippen LogP contribution in [0.3, 0.4) is 0 Å². The van der Waals surface area contributed by atoms with Gasteiger partial charge >= 0.3 is 0 Å². The van der Waals surface area contributed by atoms with Gasteiger partial charge in [-0.1, -0.05) is 18.5 Å². The van der Waals surface area contributed by atoms with Crippen molar-refractivity contribution in [1.82, 2.24) is 9.55 Å². The lowest BCUT2D eigenvalue weighted by Gasteiger charge is -2.06. The van der Waals surface area contributed by atoms with Gasteiger partial charge in [0.05, 0.1) is 5.56 Å². The zero-order valence-corrected chi connectivity index (χ0v) is 10.6. The van der Waals surface area contributed by atoms with Crippen LogP contribution in [0.2, 0.25) is 5.02 Å². The molecule has 18 heavy (non-hydrogen) atoms. The van der Waals surface area contributed by atoms with Gasteiger partial charge in [0.2, 0.25) is 5.78 Å². The molecule has 94 valence electrons. The molecule has 1 heterocycles. The number of imidazole rings is 1. The van der Waals surface area contributed by atoms with Crippen LogP contribution in [0.1, 0.15) is 29.5 Å². The minimum Gasteiger partial charge on any atom is -0.328 e. The van der Waals surface area contributed by atoms with Gasteiger partial charge in [0.15, 0.2) is 5.82 Å². The Morgan fingerprint density at radius 1 is 1.50 bits per heavy atom. The van der Waals surface area contributed by atoms with E-state index in [1.165, 1.54) is 24.4 Å². The predicted molar refractivity (Wildman–Crippen MR) is 67.4 cm³/mol. The third-order valence-corrected chi connectivity index (χ3v) is 2.79. The number of ketones is 1. The Morgan fingerprint density at radius 3 is 3.00 bits per heavy atom. The van der Waals surface area contributed by atoms with E-state index in [1.807, 2.05) is 6.92 Å². The molecule has 1 aromatic carbocycles. The van der Waals surface area contributed by atoms with E-state index in [2.05, 4.69) is 4.98 Å². The fraction of sp³-hybridized carbons (Fsp3) is 0.231. The normalized spacial score (nSPS) is 10.6. The first-order valence-corrected chi connectivity index (χ1v) is 6.02. The molecule has 3 nitrogen and oxygen atoms in total. The number of hydrogen-bond donors (Lipinski definition) is 0. The maximum absolute atomic E-state index is 13.6. The Bertz CT molecular complexity index is 580. The van der Waals surface area contributed by atoms with Crippen molar-refractivity contribution in [2.45, 2.75) is 19.9 Å². The molecular formula is C13H12ClFN2O. The minimum absolute atomic E-state index is 0.0500. The van der Waals surface area contributed by atoms with Gasteiger partial charge in [-0.3, -0.25) is 4.79 Å². The summed E-state index contributed by atoms with van der Waals surface area (Å²) in [4.78, 5) is 16.2. The van der Waals surface area contributed by atoms with Gasteiger partial charge in [0.1, 0.15) is 5.82 Å². The Kier molecular flexibility index (Phi) is 3.77. The lowest BCUT2D eigenvalue weighted by atomic mass is 10.1. The molecule has 0 aliphatic heterocycles. The van der Waals surface area contributed by atoms with E-state index in [1.54, 1.807) is 10.8 Å². The predicted octanol–water partition coefficient (Wildman–Crippen LogP) is 3.32. The first kappa shape index (κ1) is 12.8. The molecule has 2 rings (SSSR count). The molecule has 0 saturated heterocycles. The first-order valence-electron chi connectivity index (χ1n) is 5.64. The highest BCUT2D eigenvalue weighted by atomic mass is 35.5. The highest BCUT2D eigenvalue weighted by Crippen LogP contribution is 2.18. The summed E-state index contributed by atoms with van der Waals surface area (Å²) in [5.41, 5.74) is -0.0500. The topological polar surface area (TPSA) is 34.9 Å². The number of carbonyl (C=O) groups excluding carboxylic acids is 1. The molecular weight excluding hydrogens is 255 g/mol. The van der Waals surface area contributed by atoms with Crippen molar-refractivity contribution in [3.63, 3.8) is 0 Å². The Morgan fingerprint density at radius 2 is 2.28 bits per heavy atom. The number of rotatable bonds is 4. The quantitative estimate of drug-likeness (QED) is 0.796. The van der Waals surface area contributed by atoms with Crippen molar-refractivity contribution in [2.24, 2.45) is 0 Å². The summed E-state index contributed by atoms with van der Waals surface area (Å²) in [7, 11) is 0. The molecule has 0 saturated carbocycles. The van der Waals surface area contributed by atoms with Crippen LogP contribution < -0.4 is 0 Å². The molecule has 5 heteroatoms. The van der Waals surface area contributed by atoms with E-state index in [0.717, 1.165) is 6.42 Å². The van der Waals surface area contributed by atoms with Gasteiger partial charge in [-0.2, -0.15) is 0 Å². The van der Waals surface area contributed by atoms with Gasteiger partial charge in [0, 0.05) is 24.0 Å². The Labute approximate surface area is 109 Å². The summed E-state index contributed by atoms with van der Waals surface area (Å²) in [6.45, 7) is 2.66. The molecule has 0 amide bonds. The molecule has 0 aliphatic carbocycles. The standard InChI is InChI=1S/C13H12ClFN2O/c1-2-6-17-7-5-16-13(17)12(18)10-8-9(14)3-4-11(10)15/h3-5,7-8H,2,6H2,1H3. The maximum atomic E-state index is 13.6. The molecule has 0 atom stereocenters. The van der Waals surface area contributed by atoms with E-state index < -0.39 is 11.6 Å². The van der Waals surface area contributed by atoms with Crippen LogP contribution in [-0.2, 0) is 6.54 Å². The van der Waals surface area contributed by atoms with Crippen molar-refractivity contribution < 1.29 is 9.18 Å². The number of benzene rings is 1. The second-order valence-electron chi connectivity index (χ2n) is 3.90. The highest BCUT2D eigenvalue weighted by Gasteiger charge is 2.18. The molecule has 0 unspecified atom stereocenters. The van der Waals surface area contributed by atoms with Crippen LogP contribution in [0.15, 0.2) is 30.6 Å². The van der Waals surface area contributed by atoms with Crippen molar-refractivity contribution in [3.05, 3.63) is 52.8 Å². The number of carbonyl (C=O) groups is 1. The average Bonchev–Trinajstić information content (AvgIpc) is 2.80. The van der Waals surface area contributed by atoms with Gasteiger partial charge in [0.25, 0.3) is 0 Å². The first-order chi connectivity index (χ1) is 8.63. The minimum atomic E-state index is -0.588. The van der Waals surface area contributed by atoms with Crippen LogP contribution in [-0.4, -0.2) is 15.3 Å². The number of aryl methyl sites for hydroxylation is 1.